The molecule has 1 rings (SSSR count). The first kappa shape index (κ1) is 11.1. The van der Waals surface area contributed by atoms with Crippen molar-refractivity contribution in [1.29, 1.82) is 5.26 Å². The molecule has 0 atom stereocenters. The number of thioether (sulfide) groups is 1. The third-order valence-electron chi connectivity index (χ3n) is 1.70. The molecule has 0 aliphatic carbocycles. The summed E-state index contributed by atoms with van der Waals surface area (Å²) >= 11 is 6.56. The van der Waals surface area contributed by atoms with Crippen LogP contribution in [-0.2, 0) is 5.88 Å². The van der Waals surface area contributed by atoms with E-state index < -0.39 is 0 Å². The molecule has 0 unspecified atom stereocenters. The molecule has 1 aromatic carbocycles. The number of rotatable bonds is 4. The van der Waals surface area contributed by atoms with E-state index in [0.29, 0.717) is 11.4 Å². The first-order valence-electron chi connectivity index (χ1n) is 3.97. The van der Waals surface area contributed by atoms with E-state index in [1.165, 1.54) is 0 Å². The third kappa shape index (κ3) is 3.06. The highest BCUT2D eigenvalue weighted by atomic mass is 35.5. The van der Waals surface area contributed by atoms with Crippen molar-refractivity contribution in [3.63, 3.8) is 0 Å². The van der Waals surface area contributed by atoms with Crippen LogP contribution in [0.1, 0.15) is 15.9 Å². The van der Waals surface area contributed by atoms with Crippen LogP contribution in [0.25, 0.3) is 0 Å². The number of halogens is 1. The highest BCUT2D eigenvalue weighted by Crippen LogP contribution is 2.09. The maximum absolute atomic E-state index is 11.4. The Morgan fingerprint density at radius 1 is 1.43 bits per heavy atom. The highest BCUT2D eigenvalue weighted by molar-refractivity contribution is 8.04. The number of ketones is 1. The molecule has 0 bridgehead atoms. The Morgan fingerprint density at radius 3 is 2.57 bits per heavy atom. The van der Waals surface area contributed by atoms with Gasteiger partial charge in [-0.15, -0.1) is 11.6 Å². The SMILES string of the molecule is N#CSCC(=O)c1ccc(CCl)cc1. The average Bonchev–Trinajstić information content (AvgIpc) is 2.26. The van der Waals surface area contributed by atoms with Crippen molar-refractivity contribution in [2.45, 2.75) is 5.88 Å². The minimum Gasteiger partial charge on any atom is -0.293 e. The van der Waals surface area contributed by atoms with Crippen LogP contribution in [0.2, 0.25) is 0 Å². The van der Waals surface area contributed by atoms with Crippen molar-refractivity contribution >= 4 is 29.1 Å². The van der Waals surface area contributed by atoms with Gasteiger partial charge in [-0.2, -0.15) is 5.26 Å². The fourth-order valence-corrected chi connectivity index (χ4v) is 1.50. The second kappa shape index (κ2) is 5.69. The number of carbonyl (C=O) groups is 1. The Morgan fingerprint density at radius 2 is 2.07 bits per heavy atom. The second-order valence-corrected chi connectivity index (χ2v) is 3.66. The Hall–Kier alpha value is -0.980. The fourth-order valence-electron chi connectivity index (χ4n) is 0.961. The molecule has 0 aromatic heterocycles. The quantitative estimate of drug-likeness (QED) is 0.450. The van der Waals surface area contributed by atoms with E-state index in [9.17, 15) is 4.79 Å². The van der Waals surface area contributed by atoms with Crippen molar-refractivity contribution in [3.8, 4) is 5.40 Å². The molecule has 4 heteroatoms. The summed E-state index contributed by atoms with van der Waals surface area (Å²) in [7, 11) is 0. The summed E-state index contributed by atoms with van der Waals surface area (Å²) in [5.41, 5.74) is 1.61. The van der Waals surface area contributed by atoms with Gasteiger partial charge in [0.1, 0.15) is 5.40 Å². The van der Waals surface area contributed by atoms with Gasteiger partial charge in [0.2, 0.25) is 0 Å². The van der Waals surface area contributed by atoms with Gasteiger partial charge in [-0.05, 0) is 17.3 Å². The van der Waals surface area contributed by atoms with Gasteiger partial charge < -0.3 is 0 Å². The standard InChI is InChI=1S/C10H8ClNOS/c11-5-8-1-3-9(4-2-8)10(13)6-14-7-12/h1-4H,5-6H2. The van der Waals surface area contributed by atoms with Gasteiger partial charge in [0.05, 0.1) is 5.75 Å². The monoisotopic (exact) mass is 225 g/mol. The predicted molar refractivity (Wildman–Crippen MR) is 58.4 cm³/mol. The lowest BCUT2D eigenvalue weighted by Crippen LogP contribution is -2.01. The third-order valence-corrected chi connectivity index (χ3v) is 2.54. The summed E-state index contributed by atoms with van der Waals surface area (Å²) in [5.74, 6) is 0.621. The van der Waals surface area contributed by atoms with Gasteiger partial charge in [-0.25, -0.2) is 0 Å². The van der Waals surface area contributed by atoms with Crippen LogP contribution >= 0.6 is 23.4 Å². The van der Waals surface area contributed by atoms with E-state index in [1.807, 2.05) is 17.5 Å². The zero-order valence-corrected chi connectivity index (χ0v) is 8.94. The highest BCUT2D eigenvalue weighted by Gasteiger charge is 2.04. The van der Waals surface area contributed by atoms with Gasteiger partial charge in [0.25, 0.3) is 0 Å². The van der Waals surface area contributed by atoms with Crippen LogP contribution in [0.5, 0.6) is 0 Å². The number of hydrogen-bond donors (Lipinski definition) is 0. The van der Waals surface area contributed by atoms with Gasteiger partial charge in [0.15, 0.2) is 5.78 Å². The predicted octanol–water partition coefficient (Wildman–Crippen LogP) is 2.82. The molecule has 0 saturated carbocycles. The van der Waals surface area contributed by atoms with Crippen molar-refractivity contribution in [2.24, 2.45) is 0 Å². The lowest BCUT2D eigenvalue weighted by atomic mass is 10.1. The largest absolute Gasteiger partial charge is 0.293 e. The molecule has 72 valence electrons. The van der Waals surface area contributed by atoms with E-state index >= 15 is 0 Å². The summed E-state index contributed by atoms with van der Waals surface area (Å²) in [6.45, 7) is 0. The van der Waals surface area contributed by atoms with Gasteiger partial charge in [-0.3, -0.25) is 4.79 Å². The summed E-state index contributed by atoms with van der Waals surface area (Å²) in [6.07, 6.45) is 0. The molecule has 0 saturated heterocycles. The lowest BCUT2D eigenvalue weighted by molar-refractivity contribution is 0.102. The molecule has 2 nitrogen and oxygen atoms in total. The minimum atomic E-state index is -0.0299. The molecule has 0 amide bonds. The molecule has 0 aliphatic rings. The molecule has 0 aliphatic heterocycles. The Balaban J connectivity index is 2.67. The molecule has 0 spiro atoms. The van der Waals surface area contributed by atoms with Crippen molar-refractivity contribution in [2.75, 3.05) is 5.75 Å². The van der Waals surface area contributed by atoms with Crippen molar-refractivity contribution in [3.05, 3.63) is 35.4 Å². The average molecular weight is 226 g/mol. The van der Waals surface area contributed by atoms with Crippen molar-refractivity contribution in [1.82, 2.24) is 0 Å². The van der Waals surface area contributed by atoms with Crippen molar-refractivity contribution < 1.29 is 4.79 Å². The molecular weight excluding hydrogens is 218 g/mol. The smallest absolute Gasteiger partial charge is 0.173 e. The van der Waals surface area contributed by atoms with Gasteiger partial charge >= 0.3 is 0 Å². The zero-order chi connectivity index (χ0) is 10.4. The summed E-state index contributed by atoms with van der Waals surface area (Å²) < 4.78 is 0. The maximum atomic E-state index is 11.4. The number of nitriles is 1. The van der Waals surface area contributed by atoms with Crippen LogP contribution in [0.3, 0.4) is 0 Å². The molecular formula is C10H8ClNOS. The summed E-state index contributed by atoms with van der Waals surface area (Å²) in [6, 6.07) is 7.10. The molecule has 0 heterocycles. The molecule has 0 N–H and O–H groups in total. The second-order valence-electron chi connectivity index (χ2n) is 2.63. The first-order valence-corrected chi connectivity index (χ1v) is 5.49. The van der Waals surface area contributed by atoms with E-state index in [0.717, 1.165) is 17.3 Å². The number of alkyl halides is 1. The van der Waals surface area contributed by atoms with E-state index in [2.05, 4.69) is 0 Å². The number of nitrogens with zero attached hydrogens (tertiary/aromatic N) is 1. The maximum Gasteiger partial charge on any atom is 0.173 e. The van der Waals surface area contributed by atoms with Crippen LogP contribution in [0, 0.1) is 10.7 Å². The molecule has 0 fully saturated rings. The van der Waals surface area contributed by atoms with E-state index in [1.54, 1.807) is 12.1 Å². The van der Waals surface area contributed by atoms with Gasteiger partial charge in [0, 0.05) is 11.4 Å². The Labute approximate surface area is 91.9 Å². The molecule has 0 radical (unpaired) electrons. The number of benzene rings is 1. The number of Topliss-reactive ketones (excluding diaryl/α,β-unsaturated/α-hetero) is 1. The summed E-state index contributed by atoms with van der Waals surface area (Å²) in [5, 5.41) is 10.2. The lowest BCUT2D eigenvalue weighted by Gasteiger charge is -1.99. The zero-order valence-electron chi connectivity index (χ0n) is 7.37. The van der Waals surface area contributed by atoms with Crippen LogP contribution in [0.4, 0.5) is 0 Å². The van der Waals surface area contributed by atoms with Crippen LogP contribution in [0.15, 0.2) is 24.3 Å². The van der Waals surface area contributed by atoms with Crippen LogP contribution < -0.4 is 0 Å². The fraction of sp³-hybridized carbons (Fsp3) is 0.200. The van der Waals surface area contributed by atoms with Crippen LogP contribution in [-0.4, -0.2) is 11.5 Å². The number of hydrogen-bond acceptors (Lipinski definition) is 3. The number of carbonyl (C=O) groups excluding carboxylic acids is 1. The van der Waals surface area contributed by atoms with E-state index in [4.69, 9.17) is 16.9 Å². The molecule has 14 heavy (non-hydrogen) atoms. The topological polar surface area (TPSA) is 40.9 Å². The van der Waals surface area contributed by atoms with Gasteiger partial charge in [-0.1, -0.05) is 24.3 Å². The normalized spacial score (nSPS) is 9.43. The molecule has 1 aromatic rings. The minimum absolute atomic E-state index is 0.0299. The Kier molecular flexibility index (Phi) is 4.51. The number of thiocyanates is 1. The Bertz CT molecular complexity index is 355. The first-order chi connectivity index (χ1) is 6.77. The van der Waals surface area contributed by atoms with E-state index in [-0.39, 0.29) is 11.5 Å². The summed E-state index contributed by atoms with van der Waals surface area (Å²) in [4.78, 5) is 11.4.